The van der Waals surface area contributed by atoms with Gasteiger partial charge in [-0.2, -0.15) is 0 Å². The molecule has 0 saturated carbocycles. The number of anilines is 1. The second-order valence-corrected chi connectivity index (χ2v) is 4.85. The minimum atomic E-state index is -0.642. The van der Waals surface area contributed by atoms with Gasteiger partial charge in [0.05, 0.1) is 25.3 Å². The first-order valence-electron chi connectivity index (χ1n) is 7.23. The van der Waals surface area contributed by atoms with Crippen LogP contribution in [-0.2, 0) is 14.3 Å². The van der Waals surface area contributed by atoms with Gasteiger partial charge in [-0.3, -0.25) is 4.79 Å². The monoisotopic (exact) mass is 337 g/mol. The van der Waals surface area contributed by atoms with E-state index in [1.54, 1.807) is 12.1 Å². The van der Waals surface area contributed by atoms with Gasteiger partial charge in [-0.05, 0) is 30.3 Å². The molecule has 25 heavy (non-hydrogen) atoms. The van der Waals surface area contributed by atoms with Crippen LogP contribution < -0.4 is 5.32 Å². The smallest absolute Gasteiger partial charge is 0.337 e. The van der Waals surface area contributed by atoms with Gasteiger partial charge in [0.25, 0.3) is 0 Å². The van der Waals surface area contributed by atoms with E-state index in [2.05, 4.69) is 26.6 Å². The molecule has 0 unspecified atom stereocenters. The van der Waals surface area contributed by atoms with Gasteiger partial charge < -0.3 is 14.8 Å². The van der Waals surface area contributed by atoms with Crippen molar-refractivity contribution in [3.8, 4) is 11.8 Å². The Hall–Kier alpha value is -3.59. The largest absolute Gasteiger partial charge is 0.465 e. The highest BCUT2D eigenvalue weighted by Gasteiger charge is 2.14. The highest BCUT2D eigenvalue weighted by atomic mass is 16.5. The number of carbonyl (C=O) groups excluding carboxylic acids is 3. The van der Waals surface area contributed by atoms with Crippen molar-refractivity contribution in [3.63, 3.8) is 0 Å². The van der Waals surface area contributed by atoms with E-state index in [9.17, 15) is 14.4 Å². The van der Waals surface area contributed by atoms with E-state index in [4.69, 9.17) is 0 Å². The fourth-order valence-electron chi connectivity index (χ4n) is 1.98. The zero-order chi connectivity index (χ0) is 18.2. The molecule has 0 saturated heterocycles. The second kappa shape index (κ2) is 8.31. The number of nitrogens with one attached hydrogen (secondary N) is 1. The van der Waals surface area contributed by atoms with Gasteiger partial charge in [-0.25, -0.2) is 9.59 Å². The quantitative estimate of drug-likeness (QED) is 0.686. The lowest BCUT2D eigenvalue weighted by atomic mass is 10.1. The summed E-state index contributed by atoms with van der Waals surface area (Å²) in [6.45, 7) is 0. The maximum Gasteiger partial charge on any atom is 0.337 e. The number of benzene rings is 2. The Morgan fingerprint density at radius 1 is 0.880 bits per heavy atom. The standard InChI is InChI=1S/C19H15NO5/c1-24-18(22)14-10-15(19(23)25-2)12-16(11-14)20-17(21)9-8-13-6-4-3-5-7-13/h3-7,10-12H,1-2H3,(H,20,21). The second-order valence-electron chi connectivity index (χ2n) is 4.85. The first-order chi connectivity index (χ1) is 12.0. The summed E-state index contributed by atoms with van der Waals surface area (Å²) in [5.74, 6) is 3.29. The minimum absolute atomic E-state index is 0.108. The van der Waals surface area contributed by atoms with Crippen molar-refractivity contribution in [3.05, 3.63) is 65.2 Å². The van der Waals surface area contributed by atoms with Crippen LogP contribution in [0.1, 0.15) is 26.3 Å². The van der Waals surface area contributed by atoms with Gasteiger partial charge in [0.2, 0.25) is 0 Å². The average molecular weight is 337 g/mol. The van der Waals surface area contributed by atoms with Gasteiger partial charge in [0.1, 0.15) is 0 Å². The maximum atomic E-state index is 12.0. The number of carbonyl (C=O) groups is 3. The van der Waals surface area contributed by atoms with Crippen molar-refractivity contribution in [1.29, 1.82) is 0 Å². The number of amides is 1. The molecule has 126 valence electrons. The molecule has 2 aromatic rings. The molecule has 6 heteroatoms. The Morgan fingerprint density at radius 2 is 1.44 bits per heavy atom. The third-order valence-corrected chi connectivity index (χ3v) is 3.13. The topological polar surface area (TPSA) is 81.7 Å². The van der Waals surface area contributed by atoms with E-state index in [1.807, 2.05) is 18.2 Å². The summed E-state index contributed by atoms with van der Waals surface area (Å²) >= 11 is 0. The fourth-order valence-corrected chi connectivity index (χ4v) is 1.98. The molecule has 2 rings (SSSR count). The Bertz CT molecular complexity index is 828. The maximum absolute atomic E-state index is 12.0. The summed E-state index contributed by atoms with van der Waals surface area (Å²) in [5.41, 5.74) is 1.14. The molecule has 0 heterocycles. The van der Waals surface area contributed by atoms with Crippen LogP contribution in [0, 0.1) is 11.8 Å². The van der Waals surface area contributed by atoms with E-state index in [-0.39, 0.29) is 16.8 Å². The lowest BCUT2D eigenvalue weighted by Crippen LogP contribution is -2.12. The molecule has 0 aliphatic carbocycles. The summed E-state index contributed by atoms with van der Waals surface area (Å²) in [4.78, 5) is 35.4. The lowest BCUT2D eigenvalue weighted by Gasteiger charge is -2.07. The van der Waals surface area contributed by atoms with Gasteiger partial charge in [0.15, 0.2) is 0 Å². The predicted octanol–water partition coefficient (Wildman–Crippen LogP) is 2.25. The molecule has 0 aromatic heterocycles. The molecule has 0 bridgehead atoms. The van der Waals surface area contributed by atoms with Crippen molar-refractivity contribution in [2.45, 2.75) is 0 Å². The minimum Gasteiger partial charge on any atom is -0.465 e. The molecule has 2 aromatic carbocycles. The summed E-state index contributed by atoms with van der Waals surface area (Å²) in [7, 11) is 2.44. The van der Waals surface area contributed by atoms with Crippen LogP contribution in [0.2, 0.25) is 0 Å². The molecule has 1 amide bonds. The van der Waals surface area contributed by atoms with Crippen LogP contribution in [0.5, 0.6) is 0 Å². The van der Waals surface area contributed by atoms with Crippen LogP contribution in [-0.4, -0.2) is 32.1 Å². The first-order valence-corrected chi connectivity index (χ1v) is 7.23. The summed E-state index contributed by atoms with van der Waals surface area (Å²) < 4.78 is 9.28. The number of hydrogen-bond acceptors (Lipinski definition) is 5. The molecule has 0 aliphatic rings. The van der Waals surface area contributed by atoms with Gasteiger partial charge >= 0.3 is 17.8 Å². The van der Waals surface area contributed by atoms with Crippen LogP contribution >= 0.6 is 0 Å². The van der Waals surface area contributed by atoms with Crippen LogP contribution in [0.15, 0.2) is 48.5 Å². The van der Waals surface area contributed by atoms with Crippen molar-refractivity contribution in [1.82, 2.24) is 0 Å². The van der Waals surface area contributed by atoms with Crippen molar-refractivity contribution in [2.75, 3.05) is 19.5 Å². The summed E-state index contributed by atoms with van der Waals surface area (Å²) in [6, 6.07) is 13.1. The summed E-state index contributed by atoms with van der Waals surface area (Å²) in [5, 5.41) is 2.52. The first kappa shape index (κ1) is 17.8. The van der Waals surface area contributed by atoms with Crippen LogP contribution in [0.25, 0.3) is 0 Å². The SMILES string of the molecule is COC(=O)c1cc(NC(=O)C#Cc2ccccc2)cc(C(=O)OC)c1. The number of hydrogen-bond donors (Lipinski definition) is 1. The Morgan fingerprint density at radius 3 is 1.96 bits per heavy atom. The molecule has 6 nitrogen and oxygen atoms in total. The molecular weight excluding hydrogens is 322 g/mol. The van der Waals surface area contributed by atoms with Crippen molar-refractivity contribution < 1.29 is 23.9 Å². The Kier molecular flexibility index (Phi) is 5.91. The van der Waals surface area contributed by atoms with Gasteiger partial charge in [-0.1, -0.05) is 24.1 Å². The molecule has 0 atom stereocenters. The third-order valence-electron chi connectivity index (χ3n) is 3.13. The molecule has 0 fully saturated rings. The molecule has 1 N–H and O–H groups in total. The van der Waals surface area contributed by atoms with E-state index in [0.29, 0.717) is 5.56 Å². The Balaban J connectivity index is 2.26. The predicted molar refractivity (Wildman–Crippen MR) is 91.1 cm³/mol. The molecule has 0 radical (unpaired) electrons. The van der Waals surface area contributed by atoms with Crippen molar-refractivity contribution in [2.24, 2.45) is 0 Å². The van der Waals surface area contributed by atoms with E-state index >= 15 is 0 Å². The highest BCUT2D eigenvalue weighted by Crippen LogP contribution is 2.17. The molecule has 0 spiro atoms. The number of esters is 2. The van der Waals surface area contributed by atoms with Crippen molar-refractivity contribution >= 4 is 23.5 Å². The number of ether oxygens (including phenoxy) is 2. The van der Waals surface area contributed by atoms with Gasteiger partial charge in [-0.15, -0.1) is 0 Å². The number of methoxy groups -OCH3 is 2. The normalized spacial score (nSPS) is 9.36. The van der Waals surface area contributed by atoms with E-state index in [0.717, 1.165) is 0 Å². The lowest BCUT2D eigenvalue weighted by molar-refractivity contribution is -0.111. The van der Waals surface area contributed by atoms with Gasteiger partial charge in [0, 0.05) is 17.2 Å². The van der Waals surface area contributed by atoms with Crippen LogP contribution in [0.4, 0.5) is 5.69 Å². The molecule has 0 aliphatic heterocycles. The Labute approximate surface area is 144 Å². The summed E-state index contributed by atoms with van der Waals surface area (Å²) in [6.07, 6.45) is 0. The third kappa shape index (κ3) is 4.94. The average Bonchev–Trinajstić information content (AvgIpc) is 2.65. The van der Waals surface area contributed by atoms with E-state index < -0.39 is 17.8 Å². The van der Waals surface area contributed by atoms with Crippen LogP contribution in [0.3, 0.4) is 0 Å². The number of rotatable bonds is 3. The highest BCUT2D eigenvalue weighted by molar-refractivity contribution is 6.06. The fraction of sp³-hybridized carbons (Fsp3) is 0.105. The van der Waals surface area contributed by atoms with E-state index in [1.165, 1.54) is 32.4 Å². The zero-order valence-corrected chi connectivity index (χ0v) is 13.7. The zero-order valence-electron chi connectivity index (χ0n) is 13.7. The molecular formula is C19H15NO5.